The second kappa shape index (κ2) is 4.61. The molecule has 7 nitrogen and oxygen atoms in total. The Morgan fingerprint density at radius 2 is 2.06 bits per heavy atom. The van der Waals surface area contributed by atoms with Crippen LogP contribution < -0.4 is 0 Å². The van der Waals surface area contributed by atoms with Crippen LogP contribution in [0.2, 0.25) is 0 Å². The molecule has 0 aromatic carbocycles. The molecule has 3 rings (SSSR count). The van der Waals surface area contributed by atoms with Crippen LogP contribution in [0.5, 0.6) is 0 Å². The van der Waals surface area contributed by atoms with Crippen LogP contribution in [0.1, 0.15) is 19.3 Å². The third-order valence-corrected chi connectivity index (χ3v) is 3.94. The van der Waals surface area contributed by atoms with Gasteiger partial charge >= 0.3 is 0 Å². The summed E-state index contributed by atoms with van der Waals surface area (Å²) < 4.78 is 0. The van der Waals surface area contributed by atoms with E-state index in [1.165, 1.54) is 0 Å². The molecule has 0 radical (unpaired) electrons. The number of azide groups is 2. The summed E-state index contributed by atoms with van der Waals surface area (Å²) in [6, 6.07) is -0.0361. The zero-order valence-corrected chi connectivity index (χ0v) is 8.85. The van der Waals surface area contributed by atoms with Crippen LogP contribution in [0.25, 0.3) is 20.9 Å². The minimum absolute atomic E-state index is 0.0361. The van der Waals surface area contributed by atoms with Gasteiger partial charge in [-0.25, -0.2) is 0 Å². The Kier molecular flexibility index (Phi) is 3.19. The molecule has 86 valence electrons. The molecule has 0 aliphatic heterocycles. The molecule has 0 aromatic heterocycles. The van der Waals surface area contributed by atoms with Gasteiger partial charge in [0.15, 0.2) is 0 Å². The van der Waals surface area contributed by atoms with E-state index < -0.39 is 6.10 Å². The van der Waals surface area contributed by atoms with Crippen molar-refractivity contribution in [3.05, 3.63) is 20.9 Å². The highest BCUT2D eigenvalue weighted by Gasteiger charge is 2.47. The van der Waals surface area contributed by atoms with Gasteiger partial charge in [0.2, 0.25) is 0 Å². The van der Waals surface area contributed by atoms with Crippen molar-refractivity contribution in [2.24, 2.45) is 28.0 Å². The second-order valence-electron chi connectivity index (χ2n) is 4.58. The fourth-order valence-electron chi connectivity index (χ4n) is 3.19. The molecule has 16 heavy (non-hydrogen) atoms. The summed E-state index contributed by atoms with van der Waals surface area (Å²) in [5, 5.41) is 17.4. The molecule has 7 heteroatoms. The molecule has 0 aromatic rings. The van der Waals surface area contributed by atoms with Crippen molar-refractivity contribution in [2.45, 2.75) is 31.4 Å². The van der Waals surface area contributed by atoms with Gasteiger partial charge in [0, 0.05) is 22.4 Å². The molecule has 3 aliphatic rings. The van der Waals surface area contributed by atoms with Crippen molar-refractivity contribution in [1.82, 2.24) is 0 Å². The van der Waals surface area contributed by atoms with Crippen LogP contribution >= 0.6 is 0 Å². The van der Waals surface area contributed by atoms with E-state index >= 15 is 0 Å². The van der Waals surface area contributed by atoms with Gasteiger partial charge in [-0.3, -0.25) is 0 Å². The van der Waals surface area contributed by atoms with Crippen LogP contribution in [0.15, 0.2) is 10.2 Å². The summed E-state index contributed by atoms with van der Waals surface area (Å²) in [5.41, 5.74) is 16.8. The SMILES string of the molecule is [N-]=[N+]=NCC1C(O)C2CCC1C(N=[N+]=[N-])C2. The molecule has 0 spiro atoms. The lowest BCUT2D eigenvalue weighted by Crippen LogP contribution is -2.51. The average molecular weight is 222 g/mol. The summed E-state index contributed by atoms with van der Waals surface area (Å²) in [7, 11) is 0. The number of hydrogen-bond donors (Lipinski definition) is 1. The fourth-order valence-corrected chi connectivity index (χ4v) is 3.19. The maximum atomic E-state index is 10.1. The first kappa shape index (κ1) is 11.1. The Bertz CT molecular complexity index is 359. The Morgan fingerprint density at radius 3 is 2.75 bits per heavy atom. The largest absolute Gasteiger partial charge is 0.393 e. The highest BCUT2D eigenvalue weighted by molar-refractivity contribution is 5.00. The topological polar surface area (TPSA) is 118 Å². The molecular weight excluding hydrogens is 208 g/mol. The van der Waals surface area contributed by atoms with Crippen LogP contribution in [-0.4, -0.2) is 23.8 Å². The lowest BCUT2D eigenvalue weighted by Gasteiger charge is -2.49. The highest BCUT2D eigenvalue weighted by Crippen LogP contribution is 2.46. The van der Waals surface area contributed by atoms with E-state index in [2.05, 4.69) is 20.1 Å². The van der Waals surface area contributed by atoms with Crippen LogP contribution in [0.3, 0.4) is 0 Å². The van der Waals surface area contributed by atoms with Crippen molar-refractivity contribution < 1.29 is 5.11 Å². The molecule has 0 saturated heterocycles. The van der Waals surface area contributed by atoms with Crippen molar-refractivity contribution in [2.75, 3.05) is 6.54 Å². The zero-order valence-electron chi connectivity index (χ0n) is 8.85. The standard InChI is InChI=1S/C9H14N6O/c10-14-12-4-7-6-2-1-5(9(7)16)3-8(6)13-15-11/h5-9,16H,1-4H2. The Labute approximate surface area is 92.7 Å². The van der Waals surface area contributed by atoms with Gasteiger partial charge in [-0.2, -0.15) is 0 Å². The molecular formula is C9H14N6O. The van der Waals surface area contributed by atoms with Crippen LogP contribution in [-0.2, 0) is 0 Å². The minimum Gasteiger partial charge on any atom is -0.393 e. The predicted octanol–water partition coefficient (Wildman–Crippen LogP) is 2.38. The first-order valence-corrected chi connectivity index (χ1v) is 5.51. The van der Waals surface area contributed by atoms with E-state index in [1.807, 2.05) is 0 Å². The minimum atomic E-state index is -0.408. The maximum absolute atomic E-state index is 10.1. The predicted molar refractivity (Wildman–Crippen MR) is 57.3 cm³/mol. The van der Waals surface area contributed by atoms with E-state index in [4.69, 9.17) is 11.1 Å². The monoisotopic (exact) mass is 222 g/mol. The normalized spacial score (nSPS) is 40.9. The smallest absolute Gasteiger partial charge is 0.0600 e. The quantitative estimate of drug-likeness (QED) is 0.440. The number of aliphatic hydroxyl groups excluding tert-OH is 1. The molecule has 2 bridgehead atoms. The van der Waals surface area contributed by atoms with Crippen LogP contribution in [0.4, 0.5) is 0 Å². The Balaban J connectivity index is 2.17. The average Bonchev–Trinajstić information content (AvgIpc) is 2.30. The second-order valence-corrected chi connectivity index (χ2v) is 4.58. The van der Waals surface area contributed by atoms with Gasteiger partial charge in [-0.1, -0.05) is 10.2 Å². The third-order valence-electron chi connectivity index (χ3n) is 3.94. The summed E-state index contributed by atoms with van der Waals surface area (Å²) >= 11 is 0. The third kappa shape index (κ3) is 1.80. The first-order valence-electron chi connectivity index (χ1n) is 5.51. The zero-order chi connectivity index (χ0) is 11.5. The number of hydrogen-bond acceptors (Lipinski definition) is 3. The van der Waals surface area contributed by atoms with E-state index in [0.29, 0.717) is 6.54 Å². The number of fused-ring (bicyclic) bond motifs is 3. The number of rotatable bonds is 3. The molecule has 5 unspecified atom stereocenters. The summed E-state index contributed by atoms with van der Waals surface area (Å²) in [4.78, 5) is 5.59. The van der Waals surface area contributed by atoms with Gasteiger partial charge in [0.05, 0.1) is 6.10 Å². The van der Waals surface area contributed by atoms with Crippen molar-refractivity contribution >= 4 is 0 Å². The molecule has 1 N–H and O–H groups in total. The van der Waals surface area contributed by atoms with E-state index in [0.717, 1.165) is 19.3 Å². The number of nitrogens with zero attached hydrogens (tertiary/aromatic N) is 6. The van der Waals surface area contributed by atoms with E-state index in [1.54, 1.807) is 0 Å². The van der Waals surface area contributed by atoms with Gasteiger partial charge in [-0.05, 0) is 48.1 Å². The molecule has 3 saturated carbocycles. The van der Waals surface area contributed by atoms with Gasteiger partial charge in [0.25, 0.3) is 0 Å². The van der Waals surface area contributed by atoms with Crippen molar-refractivity contribution in [3.8, 4) is 0 Å². The molecule has 3 fully saturated rings. The maximum Gasteiger partial charge on any atom is 0.0600 e. The summed E-state index contributed by atoms with van der Waals surface area (Å²) in [5.74, 6) is 0.319. The molecule has 3 aliphatic carbocycles. The molecule has 0 amide bonds. The van der Waals surface area contributed by atoms with E-state index in [-0.39, 0.29) is 23.8 Å². The van der Waals surface area contributed by atoms with Crippen LogP contribution in [0, 0.1) is 17.8 Å². The Hall–Kier alpha value is -1.42. The van der Waals surface area contributed by atoms with Crippen molar-refractivity contribution in [3.63, 3.8) is 0 Å². The van der Waals surface area contributed by atoms with Gasteiger partial charge in [-0.15, -0.1) is 0 Å². The first-order chi connectivity index (χ1) is 7.77. The molecule has 5 atom stereocenters. The highest BCUT2D eigenvalue weighted by atomic mass is 16.3. The summed E-state index contributed by atoms with van der Waals surface area (Å²) in [6.45, 7) is 0.302. The van der Waals surface area contributed by atoms with Gasteiger partial charge < -0.3 is 5.11 Å². The van der Waals surface area contributed by atoms with Crippen molar-refractivity contribution in [1.29, 1.82) is 0 Å². The number of aliphatic hydroxyl groups is 1. The Morgan fingerprint density at radius 1 is 1.25 bits per heavy atom. The lowest BCUT2D eigenvalue weighted by atomic mass is 9.61. The lowest BCUT2D eigenvalue weighted by molar-refractivity contribution is -0.0606. The van der Waals surface area contributed by atoms with E-state index in [9.17, 15) is 5.11 Å². The fraction of sp³-hybridized carbons (Fsp3) is 1.00. The van der Waals surface area contributed by atoms with Gasteiger partial charge in [0.1, 0.15) is 0 Å². The summed E-state index contributed by atoms with van der Waals surface area (Å²) in [6.07, 6.45) is 2.30. The molecule has 0 heterocycles.